The second-order valence-electron chi connectivity index (χ2n) is 6.18. The number of halogens is 1. The molecule has 0 aliphatic carbocycles. The smallest absolute Gasteiger partial charge is 0.339 e. The first-order valence-electron chi connectivity index (χ1n) is 8.39. The van der Waals surface area contributed by atoms with Crippen LogP contribution in [0.2, 0.25) is 0 Å². The summed E-state index contributed by atoms with van der Waals surface area (Å²) < 4.78 is 31.4. The van der Waals surface area contributed by atoms with Gasteiger partial charge >= 0.3 is 15.8 Å². The molecule has 0 amide bonds. The molecule has 0 bridgehead atoms. The molecule has 0 saturated carbocycles. The highest BCUT2D eigenvalue weighted by molar-refractivity contribution is 9.10. The van der Waals surface area contributed by atoms with Gasteiger partial charge in [-0.2, -0.15) is 8.42 Å². The van der Waals surface area contributed by atoms with E-state index in [1.165, 1.54) is 12.1 Å². The lowest BCUT2D eigenvalue weighted by Crippen LogP contribution is -2.22. The van der Waals surface area contributed by atoms with Gasteiger partial charge in [-0.3, -0.25) is 9.78 Å². The summed E-state index contributed by atoms with van der Waals surface area (Å²) in [6, 6.07) is 18.1. The zero-order chi connectivity index (χ0) is 20.6. The van der Waals surface area contributed by atoms with Crippen LogP contribution in [0.15, 0.2) is 85.7 Å². The first kappa shape index (κ1) is 19.2. The first-order valence-corrected chi connectivity index (χ1v) is 10.6. The Morgan fingerprint density at radius 3 is 2.07 bits per heavy atom. The fourth-order valence-electron chi connectivity index (χ4n) is 2.82. The highest BCUT2D eigenvalue weighted by atomic mass is 79.9. The Balaban J connectivity index is 1.63. The molecule has 9 heteroatoms. The number of benzene rings is 3. The number of H-pyrrole nitrogens is 2. The Morgan fingerprint density at radius 2 is 1.41 bits per heavy atom. The van der Waals surface area contributed by atoms with Crippen molar-refractivity contribution in [1.29, 1.82) is 0 Å². The molecule has 146 valence electrons. The zero-order valence-corrected chi connectivity index (χ0v) is 17.1. The largest absolute Gasteiger partial charge is 0.379 e. The third-order valence-electron chi connectivity index (χ3n) is 4.24. The first-order chi connectivity index (χ1) is 13.8. The third kappa shape index (κ3) is 4.01. The molecule has 2 N–H and O–H groups in total. The highest BCUT2D eigenvalue weighted by Gasteiger charge is 2.18. The molecule has 0 spiro atoms. The van der Waals surface area contributed by atoms with Crippen molar-refractivity contribution in [3.8, 4) is 16.9 Å². The SMILES string of the molecule is O=c1[nH]c(=O)c2cc(S(=O)(=O)Oc3ccc(-c4ccc(Br)cc4)cc3)ccc2[nH]1. The van der Waals surface area contributed by atoms with E-state index in [2.05, 4.69) is 25.9 Å². The number of rotatable bonds is 4. The molecule has 0 radical (unpaired) electrons. The number of nitrogens with one attached hydrogen (secondary N) is 2. The number of fused-ring (bicyclic) bond motifs is 1. The van der Waals surface area contributed by atoms with Gasteiger partial charge in [0.05, 0.1) is 10.9 Å². The molecule has 0 aliphatic rings. The van der Waals surface area contributed by atoms with Crippen LogP contribution < -0.4 is 15.4 Å². The molecule has 0 atom stereocenters. The summed E-state index contributed by atoms with van der Waals surface area (Å²) in [7, 11) is -4.17. The fourth-order valence-corrected chi connectivity index (χ4v) is 4.04. The van der Waals surface area contributed by atoms with Crippen LogP contribution in [0.4, 0.5) is 0 Å². The van der Waals surface area contributed by atoms with Crippen molar-refractivity contribution in [2.45, 2.75) is 4.90 Å². The molecule has 4 rings (SSSR count). The molecular formula is C20H13BrN2O5S. The molecule has 0 unspecified atom stereocenters. The van der Waals surface area contributed by atoms with Gasteiger partial charge in [0.2, 0.25) is 0 Å². The van der Waals surface area contributed by atoms with Crippen molar-refractivity contribution >= 4 is 37.0 Å². The van der Waals surface area contributed by atoms with Gasteiger partial charge in [0.15, 0.2) is 0 Å². The summed E-state index contributed by atoms with van der Waals surface area (Å²) >= 11 is 3.38. The predicted octanol–water partition coefficient (Wildman–Crippen LogP) is 3.41. The van der Waals surface area contributed by atoms with E-state index in [4.69, 9.17) is 4.18 Å². The van der Waals surface area contributed by atoms with Gasteiger partial charge in [-0.1, -0.05) is 40.2 Å². The average molecular weight is 473 g/mol. The molecule has 0 fully saturated rings. The Hall–Kier alpha value is -3.17. The molecule has 1 aromatic heterocycles. The maximum atomic E-state index is 12.6. The van der Waals surface area contributed by atoms with Gasteiger partial charge in [0.1, 0.15) is 10.6 Å². The highest BCUT2D eigenvalue weighted by Crippen LogP contribution is 2.26. The van der Waals surface area contributed by atoms with Crippen LogP contribution in [0.5, 0.6) is 5.75 Å². The molecule has 3 aromatic carbocycles. The van der Waals surface area contributed by atoms with E-state index in [1.54, 1.807) is 24.3 Å². The quantitative estimate of drug-likeness (QED) is 0.442. The lowest BCUT2D eigenvalue weighted by atomic mass is 10.1. The monoisotopic (exact) mass is 472 g/mol. The van der Waals surface area contributed by atoms with E-state index in [0.717, 1.165) is 21.7 Å². The maximum Gasteiger partial charge on any atom is 0.339 e. The van der Waals surface area contributed by atoms with E-state index >= 15 is 0 Å². The lowest BCUT2D eigenvalue weighted by Gasteiger charge is -2.09. The number of hydrogen-bond acceptors (Lipinski definition) is 5. The number of aromatic nitrogens is 2. The van der Waals surface area contributed by atoms with Gasteiger partial charge in [-0.25, -0.2) is 4.79 Å². The zero-order valence-electron chi connectivity index (χ0n) is 14.7. The van der Waals surface area contributed by atoms with Crippen LogP contribution in [0.25, 0.3) is 22.0 Å². The summed E-state index contributed by atoms with van der Waals surface area (Å²) in [4.78, 5) is 27.5. The Morgan fingerprint density at radius 1 is 0.793 bits per heavy atom. The maximum absolute atomic E-state index is 12.6. The van der Waals surface area contributed by atoms with Crippen LogP contribution in [0.3, 0.4) is 0 Å². The molecule has 0 saturated heterocycles. The van der Waals surface area contributed by atoms with Gasteiger partial charge < -0.3 is 9.17 Å². The van der Waals surface area contributed by atoms with E-state index in [9.17, 15) is 18.0 Å². The van der Waals surface area contributed by atoms with E-state index in [-0.39, 0.29) is 21.5 Å². The van der Waals surface area contributed by atoms with E-state index in [1.807, 2.05) is 24.3 Å². The second kappa shape index (κ2) is 7.34. The predicted molar refractivity (Wildman–Crippen MR) is 113 cm³/mol. The summed E-state index contributed by atoms with van der Waals surface area (Å²) in [6.45, 7) is 0. The number of aromatic amines is 2. The summed E-state index contributed by atoms with van der Waals surface area (Å²) in [5.74, 6) is 0.140. The third-order valence-corrected chi connectivity index (χ3v) is 6.01. The van der Waals surface area contributed by atoms with E-state index in [0.29, 0.717) is 0 Å². The minimum Gasteiger partial charge on any atom is -0.379 e. The van der Waals surface area contributed by atoms with Crippen LogP contribution in [0.1, 0.15) is 0 Å². The number of hydrogen-bond donors (Lipinski definition) is 2. The minimum atomic E-state index is -4.17. The molecule has 7 nitrogen and oxygen atoms in total. The van der Waals surface area contributed by atoms with Crippen molar-refractivity contribution in [2.24, 2.45) is 0 Å². The lowest BCUT2D eigenvalue weighted by molar-refractivity contribution is 0.486. The Labute approximate surface area is 173 Å². The Bertz CT molecular complexity index is 1420. The topological polar surface area (TPSA) is 109 Å². The van der Waals surface area contributed by atoms with Gasteiger partial charge in [-0.05, 0) is 53.6 Å². The van der Waals surface area contributed by atoms with E-state index < -0.39 is 21.4 Å². The molecule has 0 aliphatic heterocycles. The van der Waals surface area contributed by atoms with Gasteiger partial charge in [0, 0.05) is 4.47 Å². The average Bonchev–Trinajstić information content (AvgIpc) is 2.68. The second-order valence-corrected chi connectivity index (χ2v) is 8.65. The fraction of sp³-hybridized carbons (Fsp3) is 0. The van der Waals surface area contributed by atoms with Crippen molar-refractivity contribution in [3.05, 3.63) is 92.0 Å². The summed E-state index contributed by atoms with van der Waals surface area (Å²) in [5, 5.41) is 0.0415. The molecule has 4 aromatic rings. The van der Waals surface area contributed by atoms with Crippen molar-refractivity contribution in [2.75, 3.05) is 0 Å². The normalized spacial score (nSPS) is 11.5. The van der Waals surface area contributed by atoms with Crippen LogP contribution in [-0.4, -0.2) is 18.4 Å². The van der Waals surface area contributed by atoms with Crippen molar-refractivity contribution in [1.82, 2.24) is 9.97 Å². The van der Waals surface area contributed by atoms with Crippen LogP contribution in [0, 0.1) is 0 Å². The summed E-state index contributed by atoms with van der Waals surface area (Å²) in [5.41, 5.74) is 0.769. The Kier molecular flexibility index (Phi) is 4.85. The standard InChI is InChI=1S/C20H13BrN2O5S/c21-14-5-1-12(2-6-14)13-3-7-15(8-4-13)28-29(26,27)16-9-10-18-17(11-16)19(24)23-20(25)22-18/h1-11H,(H2,22,23,24,25). The van der Waals surface area contributed by atoms with Gasteiger partial charge in [-0.15, -0.1) is 0 Å². The molecular weight excluding hydrogens is 460 g/mol. The van der Waals surface area contributed by atoms with Gasteiger partial charge in [0.25, 0.3) is 5.56 Å². The summed E-state index contributed by atoms with van der Waals surface area (Å²) in [6.07, 6.45) is 0. The van der Waals surface area contributed by atoms with Crippen molar-refractivity contribution < 1.29 is 12.6 Å². The van der Waals surface area contributed by atoms with Crippen molar-refractivity contribution in [3.63, 3.8) is 0 Å². The minimum absolute atomic E-state index is 0.0415. The molecule has 1 heterocycles. The van der Waals surface area contributed by atoms with Crippen LogP contribution in [-0.2, 0) is 10.1 Å². The molecule has 29 heavy (non-hydrogen) atoms. The van der Waals surface area contributed by atoms with Crippen LogP contribution >= 0.6 is 15.9 Å².